The first-order valence-corrected chi connectivity index (χ1v) is 4.62. The molecule has 2 rings (SSSR count). The summed E-state index contributed by atoms with van der Waals surface area (Å²) < 4.78 is 0. The van der Waals surface area contributed by atoms with E-state index in [2.05, 4.69) is 15.5 Å². The second-order valence-corrected chi connectivity index (χ2v) is 3.17. The summed E-state index contributed by atoms with van der Waals surface area (Å²) in [5, 5.41) is 15.4. The number of hydrogen-bond donors (Lipinski definition) is 2. The van der Waals surface area contributed by atoms with Gasteiger partial charge in [0.15, 0.2) is 0 Å². The number of nitrogens with zero attached hydrogens (tertiary/aromatic N) is 2. The molecule has 5 heteroatoms. The molecule has 1 aromatic heterocycles. The number of amides is 1. The molecule has 0 saturated heterocycles. The first-order valence-electron chi connectivity index (χ1n) is 4.62. The smallest absolute Gasteiger partial charge is 0.270 e. The van der Waals surface area contributed by atoms with Crippen LogP contribution in [0.1, 0.15) is 0 Å². The van der Waals surface area contributed by atoms with Gasteiger partial charge in [-0.3, -0.25) is 9.78 Å². The molecule has 0 fully saturated rings. The van der Waals surface area contributed by atoms with E-state index in [9.17, 15) is 4.79 Å². The van der Waals surface area contributed by atoms with Crippen LogP contribution >= 0.6 is 0 Å². The van der Waals surface area contributed by atoms with Crippen LogP contribution in [0.15, 0.2) is 41.8 Å². The van der Waals surface area contributed by atoms with Crippen molar-refractivity contribution in [2.75, 3.05) is 5.32 Å². The lowest BCUT2D eigenvalue weighted by Crippen LogP contribution is -2.12. The maximum atomic E-state index is 11.1. The standard InChI is InChI=1S/C11H9N3O2/c15-11(7-13-16)14-10-2-1-8-3-4-12-6-9(8)5-10/h1-7,16H,(H,14,15)/b13-7+. The van der Waals surface area contributed by atoms with E-state index in [4.69, 9.17) is 5.21 Å². The second-order valence-electron chi connectivity index (χ2n) is 3.17. The van der Waals surface area contributed by atoms with Crippen molar-refractivity contribution in [3.05, 3.63) is 36.7 Å². The summed E-state index contributed by atoms with van der Waals surface area (Å²) in [6, 6.07) is 7.33. The van der Waals surface area contributed by atoms with Crippen molar-refractivity contribution in [2.24, 2.45) is 5.16 Å². The summed E-state index contributed by atoms with van der Waals surface area (Å²) in [4.78, 5) is 15.1. The van der Waals surface area contributed by atoms with Crippen LogP contribution in [0.25, 0.3) is 10.8 Å². The lowest BCUT2D eigenvalue weighted by atomic mass is 10.1. The molecule has 0 aliphatic heterocycles. The molecule has 2 N–H and O–H groups in total. The largest absolute Gasteiger partial charge is 0.411 e. The van der Waals surface area contributed by atoms with E-state index in [1.54, 1.807) is 24.5 Å². The molecule has 0 bridgehead atoms. The van der Waals surface area contributed by atoms with Gasteiger partial charge < -0.3 is 10.5 Å². The number of anilines is 1. The first-order chi connectivity index (χ1) is 7.79. The van der Waals surface area contributed by atoms with Gasteiger partial charge in [-0.2, -0.15) is 0 Å². The molecule has 0 radical (unpaired) electrons. The van der Waals surface area contributed by atoms with Gasteiger partial charge in [-0.15, -0.1) is 0 Å². The number of hydrogen-bond acceptors (Lipinski definition) is 4. The Morgan fingerprint density at radius 1 is 1.38 bits per heavy atom. The van der Waals surface area contributed by atoms with Gasteiger partial charge in [0.25, 0.3) is 5.91 Å². The highest BCUT2D eigenvalue weighted by atomic mass is 16.4. The number of oxime groups is 1. The van der Waals surface area contributed by atoms with Gasteiger partial charge in [0.1, 0.15) is 6.21 Å². The average Bonchev–Trinajstić information content (AvgIpc) is 2.29. The highest BCUT2D eigenvalue weighted by Gasteiger charge is 2.00. The Bertz CT molecular complexity index is 552. The molecule has 0 aliphatic rings. The van der Waals surface area contributed by atoms with Gasteiger partial charge >= 0.3 is 0 Å². The van der Waals surface area contributed by atoms with Crippen LogP contribution in [0, 0.1) is 0 Å². The minimum atomic E-state index is -0.481. The van der Waals surface area contributed by atoms with Gasteiger partial charge in [0, 0.05) is 23.5 Å². The Morgan fingerprint density at radius 3 is 3.06 bits per heavy atom. The fourth-order valence-corrected chi connectivity index (χ4v) is 1.39. The summed E-state index contributed by atoms with van der Waals surface area (Å²) in [6.45, 7) is 0. The number of pyridine rings is 1. The molecule has 1 aromatic carbocycles. The Balaban J connectivity index is 2.29. The summed E-state index contributed by atoms with van der Waals surface area (Å²) in [7, 11) is 0. The Hall–Kier alpha value is -2.43. The molecule has 1 heterocycles. The highest BCUT2D eigenvalue weighted by Crippen LogP contribution is 2.17. The molecule has 0 spiro atoms. The summed E-state index contributed by atoms with van der Waals surface area (Å²) in [5.74, 6) is -0.481. The third-order valence-electron chi connectivity index (χ3n) is 2.08. The van der Waals surface area contributed by atoms with Crippen molar-refractivity contribution in [1.29, 1.82) is 0 Å². The van der Waals surface area contributed by atoms with Crippen LogP contribution in [-0.4, -0.2) is 22.3 Å². The molecule has 16 heavy (non-hydrogen) atoms. The molecular weight excluding hydrogens is 206 g/mol. The number of carbonyl (C=O) groups excluding carboxylic acids is 1. The number of nitrogens with one attached hydrogen (secondary N) is 1. The van der Waals surface area contributed by atoms with Gasteiger partial charge in [-0.1, -0.05) is 11.2 Å². The number of carbonyl (C=O) groups is 1. The molecule has 5 nitrogen and oxygen atoms in total. The minimum absolute atomic E-state index is 0.481. The van der Waals surface area contributed by atoms with E-state index < -0.39 is 5.91 Å². The summed E-state index contributed by atoms with van der Waals surface area (Å²) >= 11 is 0. The van der Waals surface area contributed by atoms with Crippen LogP contribution in [0.2, 0.25) is 0 Å². The Morgan fingerprint density at radius 2 is 2.25 bits per heavy atom. The van der Waals surface area contributed by atoms with E-state index in [1.165, 1.54) is 0 Å². The first kappa shape index (κ1) is 10.1. The maximum absolute atomic E-state index is 11.1. The molecule has 2 aromatic rings. The SMILES string of the molecule is O=C(/C=N/O)Nc1ccc2ccncc2c1. The Kier molecular flexibility index (Phi) is 2.77. The molecule has 0 saturated carbocycles. The quantitative estimate of drug-likeness (QED) is 0.454. The predicted octanol–water partition coefficient (Wildman–Crippen LogP) is 1.63. The molecule has 0 atom stereocenters. The topological polar surface area (TPSA) is 74.6 Å². The third-order valence-corrected chi connectivity index (χ3v) is 2.08. The van der Waals surface area contributed by atoms with Crippen molar-refractivity contribution in [3.8, 4) is 0 Å². The molecule has 1 amide bonds. The molecule has 80 valence electrons. The van der Waals surface area contributed by atoms with Gasteiger partial charge in [0.2, 0.25) is 0 Å². The van der Waals surface area contributed by atoms with Crippen molar-refractivity contribution in [1.82, 2.24) is 4.98 Å². The van der Waals surface area contributed by atoms with Gasteiger partial charge in [0.05, 0.1) is 0 Å². The van der Waals surface area contributed by atoms with Crippen LogP contribution in [-0.2, 0) is 4.79 Å². The number of fused-ring (bicyclic) bond motifs is 1. The number of benzene rings is 1. The van der Waals surface area contributed by atoms with E-state index in [-0.39, 0.29) is 0 Å². The van der Waals surface area contributed by atoms with Crippen LogP contribution < -0.4 is 5.32 Å². The second kappa shape index (κ2) is 4.39. The van der Waals surface area contributed by atoms with Crippen LogP contribution in [0.4, 0.5) is 5.69 Å². The number of rotatable bonds is 2. The fourth-order valence-electron chi connectivity index (χ4n) is 1.39. The highest BCUT2D eigenvalue weighted by molar-refractivity contribution is 6.31. The maximum Gasteiger partial charge on any atom is 0.270 e. The minimum Gasteiger partial charge on any atom is -0.411 e. The van der Waals surface area contributed by atoms with Crippen molar-refractivity contribution in [3.63, 3.8) is 0 Å². The van der Waals surface area contributed by atoms with E-state index in [1.807, 2.05) is 12.1 Å². The van der Waals surface area contributed by atoms with Crippen LogP contribution in [0.5, 0.6) is 0 Å². The summed E-state index contributed by atoms with van der Waals surface area (Å²) in [5.41, 5.74) is 0.630. The predicted molar refractivity (Wildman–Crippen MR) is 60.7 cm³/mol. The van der Waals surface area contributed by atoms with Crippen molar-refractivity contribution >= 4 is 28.6 Å². The van der Waals surface area contributed by atoms with E-state index >= 15 is 0 Å². The Labute approximate surface area is 91.4 Å². The third kappa shape index (κ3) is 2.14. The van der Waals surface area contributed by atoms with Gasteiger partial charge in [-0.25, -0.2) is 0 Å². The lowest BCUT2D eigenvalue weighted by Gasteiger charge is -2.03. The zero-order valence-electron chi connectivity index (χ0n) is 8.29. The van der Waals surface area contributed by atoms with Gasteiger partial charge in [-0.05, 0) is 23.6 Å². The van der Waals surface area contributed by atoms with E-state index in [0.717, 1.165) is 17.0 Å². The monoisotopic (exact) mass is 215 g/mol. The fraction of sp³-hybridized carbons (Fsp3) is 0. The zero-order chi connectivity index (χ0) is 11.4. The number of aromatic nitrogens is 1. The normalized spacial score (nSPS) is 10.8. The van der Waals surface area contributed by atoms with Crippen molar-refractivity contribution in [2.45, 2.75) is 0 Å². The lowest BCUT2D eigenvalue weighted by molar-refractivity contribution is -0.110. The molecule has 0 aliphatic carbocycles. The van der Waals surface area contributed by atoms with Crippen molar-refractivity contribution < 1.29 is 10.0 Å². The molecular formula is C11H9N3O2. The zero-order valence-corrected chi connectivity index (χ0v) is 8.29. The van der Waals surface area contributed by atoms with Crippen LogP contribution in [0.3, 0.4) is 0 Å². The van der Waals surface area contributed by atoms with E-state index in [0.29, 0.717) is 5.69 Å². The molecule has 0 unspecified atom stereocenters. The average molecular weight is 215 g/mol. The summed E-state index contributed by atoms with van der Waals surface area (Å²) in [6.07, 6.45) is 4.22.